The molecule has 3 amide bonds. The fraction of sp³-hybridized carbons (Fsp3) is 0.192. The summed E-state index contributed by atoms with van der Waals surface area (Å²) in [5.74, 6) is -0.561. The van der Waals surface area contributed by atoms with Crippen LogP contribution in [-0.2, 0) is 9.59 Å². The van der Waals surface area contributed by atoms with Gasteiger partial charge in [0.05, 0.1) is 37.1 Å². The number of hydrogen-bond donors (Lipinski definition) is 3. The predicted octanol–water partition coefficient (Wildman–Crippen LogP) is 4.42. The third-order valence-electron chi connectivity index (χ3n) is 4.98. The van der Waals surface area contributed by atoms with E-state index in [-0.39, 0.29) is 30.8 Å². The molecule has 8 nitrogen and oxygen atoms in total. The number of nitrogens with zero attached hydrogens (tertiary/aromatic N) is 1. The molecule has 0 aliphatic rings. The highest BCUT2D eigenvalue weighted by atomic mass is 35.5. The summed E-state index contributed by atoms with van der Waals surface area (Å²) in [6.07, 6.45) is 0. The van der Waals surface area contributed by atoms with E-state index in [0.29, 0.717) is 33.4 Å². The summed E-state index contributed by atoms with van der Waals surface area (Å²) in [5, 5.41) is 8.79. The lowest BCUT2D eigenvalue weighted by molar-refractivity contribution is -0.119. The van der Waals surface area contributed by atoms with Gasteiger partial charge in [-0.15, -0.1) is 0 Å². The number of nitrogens with one attached hydrogen (secondary N) is 3. The van der Waals surface area contributed by atoms with Crippen molar-refractivity contribution in [2.24, 2.45) is 0 Å². The van der Waals surface area contributed by atoms with Crippen LogP contribution in [0.5, 0.6) is 5.75 Å². The zero-order valence-corrected chi connectivity index (χ0v) is 20.5. The highest BCUT2D eigenvalue weighted by molar-refractivity contribution is 6.31. The van der Waals surface area contributed by atoms with Crippen LogP contribution in [0.2, 0.25) is 5.02 Å². The molecule has 9 heteroatoms. The summed E-state index contributed by atoms with van der Waals surface area (Å²) >= 11 is 6.00. The normalized spacial score (nSPS) is 10.5. The predicted molar refractivity (Wildman–Crippen MR) is 138 cm³/mol. The minimum atomic E-state index is -0.364. The summed E-state index contributed by atoms with van der Waals surface area (Å²) in [7, 11) is 3.14. The van der Waals surface area contributed by atoms with E-state index in [1.165, 1.54) is 7.11 Å². The number of aryl methyl sites for hydroxylation is 1. The van der Waals surface area contributed by atoms with Gasteiger partial charge in [0, 0.05) is 10.7 Å². The Hall–Kier alpha value is -3.88. The van der Waals surface area contributed by atoms with E-state index in [9.17, 15) is 14.4 Å². The van der Waals surface area contributed by atoms with Crippen molar-refractivity contribution in [3.63, 3.8) is 0 Å². The van der Waals surface area contributed by atoms with Gasteiger partial charge in [0.1, 0.15) is 5.75 Å². The number of ether oxygens (including phenoxy) is 1. The highest BCUT2D eigenvalue weighted by Crippen LogP contribution is 2.27. The van der Waals surface area contributed by atoms with E-state index in [2.05, 4.69) is 16.0 Å². The Kier molecular flexibility index (Phi) is 8.83. The molecule has 3 aromatic rings. The van der Waals surface area contributed by atoms with Crippen molar-refractivity contribution in [2.75, 3.05) is 43.2 Å². The van der Waals surface area contributed by atoms with Crippen LogP contribution in [-0.4, -0.2) is 49.9 Å². The lowest BCUT2D eigenvalue weighted by Gasteiger charge is -2.18. The van der Waals surface area contributed by atoms with Crippen LogP contribution in [0.3, 0.4) is 0 Å². The van der Waals surface area contributed by atoms with Gasteiger partial charge in [-0.3, -0.25) is 19.3 Å². The van der Waals surface area contributed by atoms with Gasteiger partial charge in [-0.05, 0) is 62.0 Å². The monoisotopic (exact) mass is 494 g/mol. The number of methoxy groups -OCH3 is 1. The van der Waals surface area contributed by atoms with Crippen molar-refractivity contribution >= 4 is 46.4 Å². The number of rotatable bonds is 9. The van der Waals surface area contributed by atoms with Crippen LogP contribution < -0.4 is 20.7 Å². The van der Waals surface area contributed by atoms with Gasteiger partial charge in [0.2, 0.25) is 11.8 Å². The SMILES string of the molecule is COc1ccc(Cl)cc1NC(=O)CN(C)CC(=O)Nc1ccccc1C(=O)Nc1cccc(C)c1. The smallest absolute Gasteiger partial charge is 0.257 e. The lowest BCUT2D eigenvalue weighted by atomic mass is 10.1. The Morgan fingerprint density at radius 2 is 1.54 bits per heavy atom. The molecule has 3 N–H and O–H groups in total. The second kappa shape index (κ2) is 12.0. The number of halogens is 1. The van der Waals surface area contributed by atoms with E-state index < -0.39 is 0 Å². The molecule has 0 radical (unpaired) electrons. The summed E-state index contributed by atoms with van der Waals surface area (Å²) in [6, 6.07) is 19.1. The Bertz CT molecular complexity index is 1230. The molecule has 0 unspecified atom stereocenters. The van der Waals surface area contributed by atoms with E-state index in [0.717, 1.165) is 5.56 Å². The topological polar surface area (TPSA) is 99.8 Å². The maximum Gasteiger partial charge on any atom is 0.257 e. The number of carbonyl (C=O) groups is 3. The lowest BCUT2D eigenvalue weighted by Crippen LogP contribution is -2.36. The standard InChI is InChI=1S/C26H27ClN4O4/c1-17-7-6-8-19(13-17)28-26(34)20-9-4-5-10-21(20)29-24(32)15-31(2)16-25(33)30-22-14-18(27)11-12-23(22)35-3/h4-14H,15-16H2,1-3H3,(H,28,34)(H,29,32)(H,30,33). The van der Waals surface area contributed by atoms with Crippen LogP contribution in [0.25, 0.3) is 0 Å². The fourth-order valence-electron chi connectivity index (χ4n) is 3.41. The molecule has 0 saturated carbocycles. The summed E-state index contributed by atoms with van der Waals surface area (Å²) < 4.78 is 5.23. The van der Waals surface area contributed by atoms with E-state index >= 15 is 0 Å². The molecule has 182 valence electrons. The van der Waals surface area contributed by atoms with Crippen LogP contribution in [0.4, 0.5) is 17.1 Å². The first kappa shape index (κ1) is 25.7. The average Bonchev–Trinajstić information content (AvgIpc) is 2.79. The Morgan fingerprint density at radius 3 is 2.23 bits per heavy atom. The minimum absolute atomic E-state index is 0.0431. The molecule has 0 bridgehead atoms. The molecule has 0 aromatic heterocycles. The van der Waals surface area contributed by atoms with Gasteiger partial charge in [0.25, 0.3) is 5.91 Å². The van der Waals surface area contributed by atoms with Crippen LogP contribution in [0.15, 0.2) is 66.7 Å². The molecule has 0 spiro atoms. The number of likely N-dealkylation sites (N-methyl/N-ethyl adjacent to an activating group) is 1. The van der Waals surface area contributed by atoms with Crippen LogP contribution in [0, 0.1) is 6.92 Å². The summed E-state index contributed by atoms with van der Waals surface area (Å²) in [6.45, 7) is 1.83. The molecular weight excluding hydrogens is 468 g/mol. The van der Waals surface area contributed by atoms with E-state index in [4.69, 9.17) is 16.3 Å². The first-order chi connectivity index (χ1) is 16.7. The maximum atomic E-state index is 12.8. The second-order valence-electron chi connectivity index (χ2n) is 7.98. The zero-order chi connectivity index (χ0) is 25.4. The Balaban J connectivity index is 1.58. The van der Waals surface area contributed by atoms with Crippen LogP contribution >= 0.6 is 11.6 Å². The van der Waals surface area contributed by atoms with Crippen LogP contribution in [0.1, 0.15) is 15.9 Å². The van der Waals surface area contributed by atoms with Crippen molar-refractivity contribution in [3.8, 4) is 5.75 Å². The number of amides is 3. The van der Waals surface area contributed by atoms with Gasteiger partial charge in [-0.2, -0.15) is 0 Å². The van der Waals surface area contributed by atoms with Gasteiger partial charge in [-0.25, -0.2) is 0 Å². The first-order valence-corrected chi connectivity index (χ1v) is 11.2. The zero-order valence-electron chi connectivity index (χ0n) is 19.7. The second-order valence-corrected chi connectivity index (χ2v) is 8.42. The van der Waals surface area contributed by atoms with E-state index in [1.807, 2.05) is 25.1 Å². The molecule has 0 atom stereocenters. The first-order valence-electron chi connectivity index (χ1n) is 10.8. The number of anilines is 3. The third-order valence-corrected chi connectivity index (χ3v) is 5.22. The molecule has 3 aromatic carbocycles. The van der Waals surface area contributed by atoms with Gasteiger partial charge in [0.15, 0.2) is 0 Å². The average molecular weight is 495 g/mol. The summed E-state index contributed by atoms with van der Waals surface area (Å²) in [4.78, 5) is 39.4. The molecule has 35 heavy (non-hydrogen) atoms. The van der Waals surface area contributed by atoms with Crippen molar-refractivity contribution in [1.29, 1.82) is 0 Å². The van der Waals surface area contributed by atoms with Crippen molar-refractivity contribution in [1.82, 2.24) is 4.90 Å². The highest BCUT2D eigenvalue weighted by Gasteiger charge is 2.16. The van der Waals surface area contributed by atoms with Crippen molar-refractivity contribution in [3.05, 3.63) is 82.9 Å². The summed E-state index contributed by atoms with van der Waals surface area (Å²) in [5.41, 5.74) is 2.83. The third kappa shape index (κ3) is 7.56. The number of para-hydroxylation sites is 1. The molecule has 0 aliphatic carbocycles. The minimum Gasteiger partial charge on any atom is -0.495 e. The largest absolute Gasteiger partial charge is 0.495 e. The maximum absolute atomic E-state index is 12.8. The molecule has 0 saturated heterocycles. The van der Waals surface area contributed by atoms with Crippen molar-refractivity contribution < 1.29 is 19.1 Å². The molecule has 0 fully saturated rings. The molecular formula is C26H27ClN4O4. The van der Waals surface area contributed by atoms with E-state index in [1.54, 1.807) is 60.5 Å². The van der Waals surface area contributed by atoms with Gasteiger partial charge in [-0.1, -0.05) is 35.9 Å². The van der Waals surface area contributed by atoms with Gasteiger partial charge < -0.3 is 20.7 Å². The molecule has 0 aliphatic heterocycles. The quantitative estimate of drug-likeness (QED) is 0.409. The number of carbonyl (C=O) groups excluding carboxylic acids is 3. The number of benzene rings is 3. The number of hydrogen-bond acceptors (Lipinski definition) is 5. The Morgan fingerprint density at radius 1 is 0.857 bits per heavy atom. The molecule has 0 heterocycles. The van der Waals surface area contributed by atoms with Crippen molar-refractivity contribution in [2.45, 2.75) is 6.92 Å². The Labute approximate surface area is 209 Å². The van der Waals surface area contributed by atoms with Gasteiger partial charge >= 0.3 is 0 Å². The molecule has 3 rings (SSSR count). The fourth-order valence-corrected chi connectivity index (χ4v) is 3.59.